The first-order chi connectivity index (χ1) is 10.8. The van der Waals surface area contributed by atoms with Gasteiger partial charge >= 0.3 is 6.18 Å². The van der Waals surface area contributed by atoms with E-state index in [1.165, 1.54) is 23.1 Å². The van der Waals surface area contributed by atoms with Gasteiger partial charge in [0, 0.05) is 12.6 Å². The molecule has 1 aliphatic rings. The molecule has 3 nitrogen and oxygen atoms in total. The smallest absolute Gasteiger partial charge is 0.391 e. The van der Waals surface area contributed by atoms with Crippen molar-refractivity contribution in [3.05, 3.63) is 59.7 Å². The predicted molar refractivity (Wildman–Crippen MR) is 80.5 cm³/mol. The van der Waals surface area contributed by atoms with E-state index in [1.807, 2.05) is 6.92 Å². The van der Waals surface area contributed by atoms with Gasteiger partial charge in [-0.25, -0.2) is 0 Å². The predicted octanol–water partition coefficient (Wildman–Crippen LogP) is 3.47. The molecule has 2 atom stereocenters. The van der Waals surface area contributed by atoms with Crippen LogP contribution in [0.2, 0.25) is 0 Å². The number of β-amino-alcohol motifs (C(OH)–C–C–N with tert-alkyl or cyclic N) is 1. The van der Waals surface area contributed by atoms with Crippen LogP contribution in [0.25, 0.3) is 0 Å². The normalized spacial score (nSPS) is 22.4. The van der Waals surface area contributed by atoms with Crippen molar-refractivity contribution in [1.29, 1.82) is 0 Å². The number of hydrogen-bond donors (Lipinski definition) is 1. The van der Waals surface area contributed by atoms with Gasteiger partial charge in [0.25, 0.3) is 0 Å². The topological polar surface area (TPSA) is 40.5 Å². The highest BCUT2D eigenvalue weighted by molar-refractivity contribution is 5.88. The summed E-state index contributed by atoms with van der Waals surface area (Å²) in [6, 6.07) is 4.30. The summed E-state index contributed by atoms with van der Waals surface area (Å²) in [4.78, 5) is 13.7. The Labute approximate surface area is 132 Å². The van der Waals surface area contributed by atoms with Gasteiger partial charge in [0.1, 0.15) is 0 Å². The lowest BCUT2D eigenvalue weighted by atomic mass is 10.0. The van der Waals surface area contributed by atoms with Crippen molar-refractivity contribution in [2.75, 3.05) is 6.54 Å². The molecule has 6 heteroatoms. The Morgan fingerprint density at radius 3 is 2.48 bits per heavy atom. The molecule has 1 saturated heterocycles. The van der Waals surface area contributed by atoms with E-state index in [9.17, 15) is 23.1 Å². The first-order valence-electron chi connectivity index (χ1n) is 7.28. The second-order valence-corrected chi connectivity index (χ2v) is 5.40. The Balaban J connectivity index is 2.20. The van der Waals surface area contributed by atoms with Crippen molar-refractivity contribution in [3.63, 3.8) is 0 Å². The number of amides is 1. The Morgan fingerprint density at radius 2 is 1.91 bits per heavy atom. The number of nitrogens with zero attached hydrogens (tertiary/aromatic N) is 1. The molecule has 0 saturated carbocycles. The third-order valence-corrected chi connectivity index (χ3v) is 3.73. The van der Waals surface area contributed by atoms with Crippen LogP contribution < -0.4 is 0 Å². The number of allylic oxidation sites excluding steroid dienone is 3. The van der Waals surface area contributed by atoms with Gasteiger partial charge in [-0.05, 0) is 31.0 Å². The van der Waals surface area contributed by atoms with Crippen molar-refractivity contribution in [3.8, 4) is 0 Å². The quantitative estimate of drug-likeness (QED) is 0.683. The second kappa shape index (κ2) is 7.00. The maximum Gasteiger partial charge on any atom is 0.416 e. The minimum atomic E-state index is -4.39. The zero-order valence-corrected chi connectivity index (χ0v) is 12.6. The molecule has 1 heterocycles. The van der Waals surface area contributed by atoms with E-state index >= 15 is 0 Å². The van der Waals surface area contributed by atoms with Crippen molar-refractivity contribution in [1.82, 2.24) is 4.90 Å². The maximum absolute atomic E-state index is 12.6. The largest absolute Gasteiger partial charge is 0.416 e. The molecule has 0 aromatic heterocycles. The van der Waals surface area contributed by atoms with E-state index in [1.54, 1.807) is 18.2 Å². The molecule has 1 aromatic rings. The average Bonchev–Trinajstić information content (AvgIpc) is 2.89. The number of aliphatic hydroxyl groups excluding tert-OH is 1. The van der Waals surface area contributed by atoms with E-state index in [-0.39, 0.29) is 12.5 Å². The van der Waals surface area contributed by atoms with Crippen LogP contribution >= 0.6 is 0 Å². The maximum atomic E-state index is 12.6. The SMILES string of the molecule is CC=CC=CC(=O)N1CC(O)CC1c1ccc(C(F)(F)F)cc1. The van der Waals surface area contributed by atoms with Crippen molar-refractivity contribution < 1.29 is 23.1 Å². The minimum absolute atomic E-state index is 0.171. The molecule has 1 fully saturated rings. The molecule has 0 aliphatic carbocycles. The summed E-state index contributed by atoms with van der Waals surface area (Å²) in [5.41, 5.74) is -0.145. The number of halogens is 3. The second-order valence-electron chi connectivity index (χ2n) is 5.40. The molecule has 1 N–H and O–H groups in total. The molecule has 23 heavy (non-hydrogen) atoms. The standard InChI is InChI=1S/C17H18F3NO2/c1-2-3-4-5-16(23)21-11-14(22)10-15(21)12-6-8-13(9-7-12)17(18,19)20/h2-9,14-15,22H,10-11H2,1H3. The van der Waals surface area contributed by atoms with Gasteiger partial charge < -0.3 is 10.0 Å². The highest BCUT2D eigenvalue weighted by Crippen LogP contribution is 2.35. The van der Waals surface area contributed by atoms with Gasteiger partial charge in [-0.2, -0.15) is 13.2 Å². The number of likely N-dealkylation sites (tertiary alicyclic amines) is 1. The molecule has 124 valence electrons. The van der Waals surface area contributed by atoms with E-state index in [0.717, 1.165) is 12.1 Å². The van der Waals surface area contributed by atoms with Gasteiger partial charge in [-0.15, -0.1) is 0 Å². The van der Waals surface area contributed by atoms with Gasteiger partial charge in [-0.1, -0.05) is 30.4 Å². The number of alkyl halides is 3. The molecular formula is C17H18F3NO2. The van der Waals surface area contributed by atoms with Gasteiger partial charge in [0.15, 0.2) is 0 Å². The summed E-state index contributed by atoms with van der Waals surface area (Å²) in [7, 11) is 0. The lowest BCUT2D eigenvalue weighted by molar-refractivity contribution is -0.137. The highest BCUT2D eigenvalue weighted by Gasteiger charge is 2.35. The first kappa shape index (κ1) is 17.3. The van der Waals surface area contributed by atoms with E-state index in [4.69, 9.17) is 0 Å². The van der Waals surface area contributed by atoms with Crippen LogP contribution in [-0.4, -0.2) is 28.6 Å². The number of benzene rings is 1. The Bertz CT molecular complexity index is 605. The summed E-state index contributed by atoms with van der Waals surface area (Å²) in [5, 5.41) is 9.82. The van der Waals surface area contributed by atoms with Crippen molar-refractivity contribution in [2.45, 2.75) is 31.7 Å². The lowest BCUT2D eigenvalue weighted by Gasteiger charge is -2.23. The van der Waals surface area contributed by atoms with Gasteiger partial charge in [0.2, 0.25) is 5.91 Å². The summed E-state index contributed by atoms with van der Waals surface area (Å²) in [6.07, 6.45) is 1.70. The fourth-order valence-corrected chi connectivity index (χ4v) is 2.61. The summed E-state index contributed by atoms with van der Waals surface area (Å²) >= 11 is 0. The van der Waals surface area contributed by atoms with Crippen LogP contribution in [0.1, 0.15) is 30.5 Å². The lowest BCUT2D eigenvalue weighted by Crippen LogP contribution is -2.30. The zero-order chi connectivity index (χ0) is 17.0. The van der Waals surface area contributed by atoms with Crippen LogP contribution in [-0.2, 0) is 11.0 Å². The van der Waals surface area contributed by atoms with Gasteiger partial charge in [0.05, 0.1) is 17.7 Å². The van der Waals surface area contributed by atoms with Crippen LogP contribution in [0, 0.1) is 0 Å². The van der Waals surface area contributed by atoms with E-state index < -0.39 is 23.9 Å². The molecule has 0 radical (unpaired) electrons. The number of rotatable bonds is 3. The zero-order valence-electron chi connectivity index (χ0n) is 12.6. The Hall–Kier alpha value is -2.08. The third kappa shape index (κ3) is 4.22. The Kier molecular flexibility index (Phi) is 5.26. The van der Waals surface area contributed by atoms with E-state index in [2.05, 4.69) is 0 Å². The van der Waals surface area contributed by atoms with Crippen molar-refractivity contribution >= 4 is 5.91 Å². The molecule has 0 spiro atoms. The molecule has 1 amide bonds. The fourth-order valence-electron chi connectivity index (χ4n) is 2.61. The van der Waals surface area contributed by atoms with Gasteiger partial charge in [-0.3, -0.25) is 4.79 Å². The number of carbonyl (C=O) groups is 1. The molecule has 1 aromatic carbocycles. The average molecular weight is 325 g/mol. The number of aliphatic hydroxyl groups is 1. The number of hydrogen-bond acceptors (Lipinski definition) is 2. The molecule has 2 unspecified atom stereocenters. The Morgan fingerprint density at radius 1 is 1.26 bits per heavy atom. The molecule has 2 rings (SSSR count). The summed E-state index contributed by atoms with van der Waals surface area (Å²) in [5.74, 6) is -0.274. The fraction of sp³-hybridized carbons (Fsp3) is 0.353. The molecule has 0 bridgehead atoms. The van der Waals surface area contributed by atoms with Crippen LogP contribution in [0.5, 0.6) is 0 Å². The first-order valence-corrected chi connectivity index (χ1v) is 7.28. The van der Waals surface area contributed by atoms with Crippen LogP contribution in [0.3, 0.4) is 0 Å². The van der Waals surface area contributed by atoms with Crippen LogP contribution in [0.4, 0.5) is 13.2 Å². The highest BCUT2D eigenvalue weighted by atomic mass is 19.4. The summed E-state index contributed by atoms with van der Waals surface area (Å²) in [6.45, 7) is 1.99. The minimum Gasteiger partial charge on any atom is -0.391 e. The van der Waals surface area contributed by atoms with Crippen molar-refractivity contribution in [2.24, 2.45) is 0 Å². The molecule has 1 aliphatic heterocycles. The number of carbonyl (C=O) groups excluding carboxylic acids is 1. The van der Waals surface area contributed by atoms with E-state index in [0.29, 0.717) is 12.0 Å². The molecular weight excluding hydrogens is 307 g/mol. The monoisotopic (exact) mass is 325 g/mol. The van der Waals surface area contributed by atoms with Crippen LogP contribution in [0.15, 0.2) is 48.6 Å². The summed E-state index contributed by atoms with van der Waals surface area (Å²) < 4.78 is 37.8. The third-order valence-electron chi connectivity index (χ3n) is 3.73.